The number of hydrogen-bond donors (Lipinski definition) is 1. The van der Waals surface area contributed by atoms with Crippen molar-refractivity contribution in [3.63, 3.8) is 0 Å². The van der Waals surface area contributed by atoms with Crippen LogP contribution in [0.4, 0.5) is 13.2 Å². The van der Waals surface area contributed by atoms with Crippen molar-refractivity contribution >= 4 is 17.6 Å². The summed E-state index contributed by atoms with van der Waals surface area (Å²) >= 11 is 0. The van der Waals surface area contributed by atoms with Gasteiger partial charge >= 0.3 is 11.8 Å². The van der Waals surface area contributed by atoms with E-state index >= 15 is 0 Å². The second kappa shape index (κ2) is 9.24. The van der Waals surface area contributed by atoms with Gasteiger partial charge in [0.05, 0.1) is 27.4 Å². The van der Waals surface area contributed by atoms with Crippen molar-refractivity contribution in [3.05, 3.63) is 53.6 Å². The van der Waals surface area contributed by atoms with Gasteiger partial charge in [-0.3, -0.25) is 14.5 Å². The monoisotopic (exact) mass is 479 g/mol. The van der Waals surface area contributed by atoms with Gasteiger partial charge in [-0.2, -0.15) is 13.2 Å². The molecule has 11 heteroatoms. The van der Waals surface area contributed by atoms with Gasteiger partial charge in [0.25, 0.3) is 11.8 Å². The highest BCUT2D eigenvalue weighted by Gasteiger charge is 2.67. The van der Waals surface area contributed by atoms with E-state index in [0.29, 0.717) is 5.56 Å². The minimum Gasteiger partial charge on any atom is -0.493 e. The lowest BCUT2D eigenvalue weighted by atomic mass is 10.0. The number of rotatable bonds is 7. The quantitative estimate of drug-likeness (QED) is 0.654. The van der Waals surface area contributed by atoms with Gasteiger partial charge in [0.2, 0.25) is 5.75 Å². The third-order valence-corrected chi connectivity index (χ3v) is 5.51. The molecule has 0 bridgehead atoms. The molecule has 2 atom stereocenters. The van der Waals surface area contributed by atoms with Gasteiger partial charge in [0, 0.05) is 5.56 Å². The molecule has 2 aromatic rings. The highest BCUT2D eigenvalue weighted by molar-refractivity contribution is 6.10. The molecule has 2 aromatic carbocycles. The van der Waals surface area contributed by atoms with Gasteiger partial charge in [-0.15, -0.1) is 0 Å². The van der Waals surface area contributed by atoms with E-state index in [1.54, 1.807) is 37.3 Å². The van der Waals surface area contributed by atoms with E-state index in [9.17, 15) is 22.8 Å². The zero-order valence-corrected chi connectivity index (χ0v) is 19.2. The van der Waals surface area contributed by atoms with Gasteiger partial charge < -0.3 is 19.5 Å². The van der Waals surface area contributed by atoms with Crippen molar-refractivity contribution in [3.8, 4) is 17.2 Å². The predicted molar refractivity (Wildman–Crippen MR) is 117 cm³/mol. The van der Waals surface area contributed by atoms with Crippen LogP contribution in [0.15, 0.2) is 47.5 Å². The van der Waals surface area contributed by atoms with Crippen LogP contribution in [-0.4, -0.2) is 55.7 Å². The summed E-state index contributed by atoms with van der Waals surface area (Å²) in [5.41, 5.74) is -3.12. The number of amidine groups is 1. The van der Waals surface area contributed by atoms with Crippen LogP contribution in [0.25, 0.3) is 0 Å². The first-order valence-electron chi connectivity index (χ1n) is 10.1. The average Bonchev–Trinajstić information content (AvgIpc) is 3.07. The smallest absolute Gasteiger partial charge is 0.442 e. The summed E-state index contributed by atoms with van der Waals surface area (Å²) in [6, 6.07) is 10.2. The van der Waals surface area contributed by atoms with E-state index in [1.807, 2.05) is 5.32 Å². The van der Waals surface area contributed by atoms with Crippen LogP contribution >= 0.6 is 0 Å². The van der Waals surface area contributed by atoms with Crippen molar-refractivity contribution < 1.29 is 37.0 Å². The number of carbonyl (C=O) groups is 2. The molecule has 0 saturated carbocycles. The molecule has 8 nitrogen and oxygen atoms in total. The first kappa shape index (κ1) is 24.9. The molecule has 1 heterocycles. The molecule has 0 fully saturated rings. The fourth-order valence-electron chi connectivity index (χ4n) is 3.79. The van der Waals surface area contributed by atoms with Crippen LogP contribution in [0.5, 0.6) is 17.2 Å². The SMILES string of the molecule is COc1cc(C(=O)NC2(C(F)(F)F)N=C(C)N(C(C)c3ccccc3)C2=O)cc(OC)c1OC. The number of alkyl halides is 3. The molecule has 1 aliphatic rings. The molecule has 0 aromatic heterocycles. The van der Waals surface area contributed by atoms with Crippen LogP contribution < -0.4 is 19.5 Å². The summed E-state index contributed by atoms with van der Waals surface area (Å²) < 4.78 is 58.5. The second-order valence-electron chi connectivity index (χ2n) is 7.50. The Labute approximate surface area is 194 Å². The molecule has 1 N–H and O–H groups in total. The summed E-state index contributed by atoms with van der Waals surface area (Å²) in [6.45, 7) is 2.87. The van der Waals surface area contributed by atoms with Crippen molar-refractivity contribution in [1.29, 1.82) is 0 Å². The summed E-state index contributed by atoms with van der Waals surface area (Å²) in [7, 11) is 3.94. The molecular formula is C23H24F3N3O5. The first-order chi connectivity index (χ1) is 16.0. The lowest BCUT2D eigenvalue weighted by Gasteiger charge is -2.31. The van der Waals surface area contributed by atoms with Crippen LogP contribution in [0.2, 0.25) is 0 Å². The minimum atomic E-state index is -5.22. The maximum atomic E-state index is 14.3. The van der Waals surface area contributed by atoms with Gasteiger partial charge in [-0.05, 0) is 31.5 Å². The zero-order valence-electron chi connectivity index (χ0n) is 19.2. The Morgan fingerprint density at radius 1 is 1.06 bits per heavy atom. The Balaban J connectivity index is 2.02. The largest absolute Gasteiger partial charge is 0.493 e. The number of nitrogens with one attached hydrogen (secondary N) is 1. The molecule has 0 radical (unpaired) electrons. The fraction of sp³-hybridized carbons (Fsp3) is 0.348. The molecule has 0 aliphatic carbocycles. The summed E-state index contributed by atoms with van der Waals surface area (Å²) in [6.07, 6.45) is -5.22. The number of benzene rings is 2. The van der Waals surface area contributed by atoms with Gasteiger partial charge in [0.1, 0.15) is 5.84 Å². The number of hydrogen-bond acceptors (Lipinski definition) is 6. The zero-order chi connectivity index (χ0) is 25.3. The third-order valence-electron chi connectivity index (χ3n) is 5.51. The normalized spacial score (nSPS) is 18.9. The van der Waals surface area contributed by atoms with Crippen LogP contribution in [0, 0.1) is 0 Å². The predicted octanol–water partition coefficient (Wildman–Crippen LogP) is 3.72. The number of ether oxygens (including phenoxy) is 3. The van der Waals surface area contributed by atoms with E-state index in [4.69, 9.17) is 14.2 Å². The van der Waals surface area contributed by atoms with Crippen LogP contribution in [0.3, 0.4) is 0 Å². The summed E-state index contributed by atoms with van der Waals surface area (Å²) in [5, 5.41) is 1.81. The van der Waals surface area contributed by atoms with Crippen molar-refractivity contribution in [2.45, 2.75) is 31.7 Å². The highest BCUT2D eigenvalue weighted by atomic mass is 19.4. The molecule has 1 aliphatic heterocycles. The second-order valence-corrected chi connectivity index (χ2v) is 7.50. The lowest BCUT2D eigenvalue weighted by Crippen LogP contribution is -2.63. The molecular weight excluding hydrogens is 455 g/mol. The standard InChI is InChI=1S/C23H24F3N3O5/c1-13(15-9-7-6-8-10-15)29-14(2)27-22(21(29)31,23(24,25)26)28-20(30)16-11-17(32-3)19(34-5)18(12-16)33-4/h6-13H,1-5H3,(H,28,30). The Morgan fingerprint density at radius 3 is 2.09 bits per heavy atom. The maximum absolute atomic E-state index is 14.3. The number of methoxy groups -OCH3 is 3. The van der Waals surface area contributed by atoms with E-state index in [-0.39, 0.29) is 28.6 Å². The van der Waals surface area contributed by atoms with E-state index in [2.05, 4.69) is 4.99 Å². The van der Waals surface area contributed by atoms with Crippen molar-refractivity contribution in [1.82, 2.24) is 10.2 Å². The lowest BCUT2D eigenvalue weighted by molar-refractivity contribution is -0.196. The van der Waals surface area contributed by atoms with Crippen molar-refractivity contribution in [2.24, 2.45) is 4.99 Å². The van der Waals surface area contributed by atoms with E-state index in [1.165, 1.54) is 40.4 Å². The molecule has 34 heavy (non-hydrogen) atoms. The first-order valence-corrected chi connectivity index (χ1v) is 10.1. The minimum absolute atomic E-state index is 0.0600. The number of amides is 2. The third kappa shape index (κ3) is 4.13. The molecule has 182 valence electrons. The van der Waals surface area contributed by atoms with E-state index in [0.717, 1.165) is 4.90 Å². The van der Waals surface area contributed by atoms with Gasteiger partial charge in [-0.25, -0.2) is 4.99 Å². The van der Waals surface area contributed by atoms with Crippen molar-refractivity contribution in [2.75, 3.05) is 21.3 Å². The molecule has 0 spiro atoms. The number of halogens is 3. The molecule has 2 amide bonds. The Morgan fingerprint density at radius 2 is 1.62 bits per heavy atom. The number of nitrogens with zero attached hydrogens (tertiary/aromatic N) is 2. The molecule has 2 unspecified atom stereocenters. The highest BCUT2D eigenvalue weighted by Crippen LogP contribution is 2.41. The topological polar surface area (TPSA) is 89.5 Å². The summed E-state index contributed by atoms with van der Waals surface area (Å²) in [5.74, 6) is -2.51. The molecule has 0 saturated heterocycles. The fourth-order valence-corrected chi connectivity index (χ4v) is 3.79. The average molecular weight is 479 g/mol. The maximum Gasteiger partial charge on any atom is 0.442 e. The van der Waals surface area contributed by atoms with Gasteiger partial charge in [0.15, 0.2) is 11.5 Å². The van der Waals surface area contributed by atoms with E-state index < -0.39 is 29.7 Å². The summed E-state index contributed by atoms with van der Waals surface area (Å²) in [4.78, 5) is 30.8. The molecule has 3 rings (SSSR count). The Hall–Kier alpha value is -3.76. The number of aliphatic imine (C=N–C) groups is 1. The van der Waals surface area contributed by atoms with Gasteiger partial charge in [-0.1, -0.05) is 30.3 Å². The van der Waals surface area contributed by atoms with Crippen LogP contribution in [0.1, 0.15) is 35.8 Å². The number of carbonyl (C=O) groups excluding carboxylic acids is 2. The van der Waals surface area contributed by atoms with Crippen LogP contribution in [-0.2, 0) is 4.79 Å². The Bertz CT molecular complexity index is 1100. The Kier molecular flexibility index (Phi) is 6.76.